The molecular formula is C18H17FO3. The monoisotopic (exact) mass is 300 g/mol. The molecule has 0 amide bonds. The number of ketones is 1. The largest absolute Gasteiger partial charge is 0.427 e. The van der Waals surface area contributed by atoms with Gasteiger partial charge in [-0.1, -0.05) is 19.1 Å². The molecule has 0 saturated carbocycles. The molecule has 0 aliphatic rings. The van der Waals surface area contributed by atoms with Gasteiger partial charge in [0.2, 0.25) is 0 Å². The lowest BCUT2D eigenvalue weighted by Gasteiger charge is -2.05. The van der Waals surface area contributed by atoms with Crippen LogP contribution in [0.2, 0.25) is 0 Å². The summed E-state index contributed by atoms with van der Waals surface area (Å²) >= 11 is 0. The summed E-state index contributed by atoms with van der Waals surface area (Å²) in [5.41, 5.74) is 1.48. The van der Waals surface area contributed by atoms with Gasteiger partial charge in [-0.2, -0.15) is 0 Å². The fourth-order valence-corrected chi connectivity index (χ4v) is 1.99. The average molecular weight is 300 g/mol. The van der Waals surface area contributed by atoms with Crippen LogP contribution in [0.15, 0.2) is 48.5 Å². The number of hydrogen-bond acceptors (Lipinski definition) is 3. The fraction of sp³-hybridized carbons (Fsp3) is 0.222. The number of carbonyl (C=O) groups is 2. The van der Waals surface area contributed by atoms with E-state index < -0.39 is 0 Å². The summed E-state index contributed by atoms with van der Waals surface area (Å²) in [7, 11) is 0. The summed E-state index contributed by atoms with van der Waals surface area (Å²) in [4.78, 5) is 23.3. The third kappa shape index (κ3) is 4.52. The molecule has 0 aliphatic heterocycles. The molecule has 0 N–H and O–H groups in total. The van der Waals surface area contributed by atoms with Crippen LogP contribution in [0.25, 0.3) is 0 Å². The summed E-state index contributed by atoms with van der Waals surface area (Å²) in [6.45, 7) is 1.80. The quantitative estimate of drug-likeness (QED) is 0.461. The van der Waals surface area contributed by atoms with Gasteiger partial charge in [0.25, 0.3) is 0 Å². The summed E-state index contributed by atoms with van der Waals surface area (Å²) in [5.74, 6) is -0.196. The fourth-order valence-electron chi connectivity index (χ4n) is 1.99. The summed E-state index contributed by atoms with van der Waals surface area (Å²) in [5, 5.41) is 0. The molecule has 0 unspecified atom stereocenters. The second kappa shape index (κ2) is 7.50. The molecule has 3 nitrogen and oxygen atoms in total. The van der Waals surface area contributed by atoms with Crippen molar-refractivity contribution in [2.45, 2.75) is 26.2 Å². The highest BCUT2D eigenvalue weighted by molar-refractivity contribution is 5.95. The van der Waals surface area contributed by atoms with Crippen molar-refractivity contribution in [2.24, 2.45) is 0 Å². The van der Waals surface area contributed by atoms with Crippen molar-refractivity contribution in [3.8, 4) is 5.75 Å². The Balaban J connectivity index is 1.86. The Bertz CT molecular complexity index is 645. The van der Waals surface area contributed by atoms with Crippen molar-refractivity contribution >= 4 is 11.8 Å². The van der Waals surface area contributed by atoms with Gasteiger partial charge < -0.3 is 4.74 Å². The molecule has 0 aliphatic carbocycles. The van der Waals surface area contributed by atoms with E-state index >= 15 is 0 Å². The number of ether oxygens (including phenoxy) is 1. The number of Topliss-reactive ketones (excluding diaryl/α,β-unsaturated/α-hetero) is 1. The van der Waals surface area contributed by atoms with Gasteiger partial charge in [0, 0.05) is 18.4 Å². The Morgan fingerprint density at radius 2 is 1.64 bits per heavy atom. The topological polar surface area (TPSA) is 43.4 Å². The minimum Gasteiger partial charge on any atom is -0.427 e. The molecule has 2 rings (SSSR count). The maximum absolute atomic E-state index is 12.8. The molecular weight excluding hydrogens is 283 g/mol. The first-order chi connectivity index (χ1) is 10.6. The number of carbonyl (C=O) groups excluding carboxylic acids is 2. The minimum atomic E-state index is -0.362. The first kappa shape index (κ1) is 15.9. The Morgan fingerprint density at radius 3 is 2.23 bits per heavy atom. The van der Waals surface area contributed by atoms with Crippen molar-refractivity contribution in [3.63, 3.8) is 0 Å². The zero-order chi connectivity index (χ0) is 15.9. The van der Waals surface area contributed by atoms with E-state index in [1.165, 1.54) is 12.1 Å². The first-order valence-electron chi connectivity index (χ1n) is 7.17. The Kier molecular flexibility index (Phi) is 5.42. The lowest BCUT2D eigenvalue weighted by Crippen LogP contribution is -2.09. The lowest BCUT2D eigenvalue weighted by molar-refractivity contribution is -0.134. The van der Waals surface area contributed by atoms with Gasteiger partial charge in [-0.15, -0.1) is 0 Å². The maximum atomic E-state index is 12.8. The van der Waals surface area contributed by atoms with E-state index in [1.54, 1.807) is 43.3 Å². The number of esters is 1. The van der Waals surface area contributed by atoms with Crippen LogP contribution in [0.3, 0.4) is 0 Å². The molecule has 114 valence electrons. The van der Waals surface area contributed by atoms with Gasteiger partial charge in [0.05, 0.1) is 0 Å². The Morgan fingerprint density at radius 1 is 1.00 bits per heavy atom. The minimum absolute atomic E-state index is 0.0502. The van der Waals surface area contributed by atoms with Crippen LogP contribution in [-0.4, -0.2) is 11.8 Å². The molecule has 0 heterocycles. The van der Waals surface area contributed by atoms with E-state index in [-0.39, 0.29) is 24.0 Å². The number of aryl methyl sites for hydroxylation is 1. The molecule has 2 aromatic carbocycles. The molecule has 0 spiro atoms. The van der Waals surface area contributed by atoms with E-state index in [9.17, 15) is 14.0 Å². The first-order valence-corrected chi connectivity index (χ1v) is 7.17. The van der Waals surface area contributed by atoms with Crippen LogP contribution in [0.5, 0.6) is 5.75 Å². The molecule has 2 aromatic rings. The van der Waals surface area contributed by atoms with Crippen LogP contribution in [0, 0.1) is 5.82 Å². The van der Waals surface area contributed by atoms with E-state index in [0.29, 0.717) is 24.2 Å². The second-order valence-corrected chi connectivity index (χ2v) is 4.90. The van der Waals surface area contributed by atoms with Crippen LogP contribution in [-0.2, 0) is 11.2 Å². The van der Waals surface area contributed by atoms with E-state index in [0.717, 1.165) is 5.56 Å². The van der Waals surface area contributed by atoms with Gasteiger partial charge in [0.1, 0.15) is 11.6 Å². The van der Waals surface area contributed by atoms with Crippen LogP contribution in [0.4, 0.5) is 4.39 Å². The van der Waals surface area contributed by atoms with Crippen LogP contribution < -0.4 is 4.74 Å². The number of halogens is 1. The van der Waals surface area contributed by atoms with Crippen molar-refractivity contribution in [2.75, 3.05) is 0 Å². The van der Waals surface area contributed by atoms with Gasteiger partial charge in [-0.3, -0.25) is 9.59 Å². The Hall–Kier alpha value is -2.49. The highest BCUT2D eigenvalue weighted by Gasteiger charge is 2.07. The van der Waals surface area contributed by atoms with E-state index in [1.807, 2.05) is 0 Å². The van der Waals surface area contributed by atoms with Crippen LogP contribution in [0.1, 0.15) is 35.7 Å². The predicted molar refractivity (Wildman–Crippen MR) is 81.4 cm³/mol. The molecule has 0 bridgehead atoms. The third-order valence-electron chi connectivity index (χ3n) is 3.26. The van der Waals surface area contributed by atoms with E-state index in [4.69, 9.17) is 4.74 Å². The van der Waals surface area contributed by atoms with Crippen molar-refractivity contribution in [1.29, 1.82) is 0 Å². The van der Waals surface area contributed by atoms with Crippen molar-refractivity contribution in [3.05, 3.63) is 65.5 Å². The molecule has 0 radical (unpaired) electrons. The van der Waals surface area contributed by atoms with E-state index in [2.05, 4.69) is 0 Å². The zero-order valence-corrected chi connectivity index (χ0v) is 12.3. The number of hydrogen-bond donors (Lipinski definition) is 0. The van der Waals surface area contributed by atoms with Crippen molar-refractivity contribution in [1.82, 2.24) is 0 Å². The number of benzene rings is 2. The zero-order valence-electron chi connectivity index (χ0n) is 12.3. The average Bonchev–Trinajstić information content (AvgIpc) is 2.54. The standard InChI is InChI=1S/C18H17FO3/c1-2-17(20)14-6-10-16(11-7-14)22-18(21)12-5-13-3-8-15(19)9-4-13/h3-4,6-11H,2,5,12H2,1H3. The molecule has 4 heteroatoms. The molecule has 22 heavy (non-hydrogen) atoms. The van der Waals surface area contributed by atoms with Crippen LogP contribution >= 0.6 is 0 Å². The highest BCUT2D eigenvalue weighted by Crippen LogP contribution is 2.15. The smallest absolute Gasteiger partial charge is 0.311 e. The van der Waals surface area contributed by atoms with Gasteiger partial charge >= 0.3 is 5.97 Å². The summed E-state index contributed by atoms with van der Waals surface area (Å²) in [6.07, 6.45) is 1.14. The SMILES string of the molecule is CCC(=O)c1ccc(OC(=O)CCc2ccc(F)cc2)cc1. The lowest BCUT2D eigenvalue weighted by atomic mass is 10.1. The van der Waals surface area contributed by atoms with Gasteiger partial charge in [-0.05, 0) is 48.4 Å². The summed E-state index contributed by atoms with van der Waals surface area (Å²) in [6, 6.07) is 12.5. The molecule has 0 fully saturated rings. The summed E-state index contributed by atoms with van der Waals surface area (Å²) < 4.78 is 18.0. The maximum Gasteiger partial charge on any atom is 0.311 e. The van der Waals surface area contributed by atoms with Gasteiger partial charge in [-0.25, -0.2) is 4.39 Å². The normalized spacial score (nSPS) is 10.3. The van der Waals surface area contributed by atoms with Gasteiger partial charge in [0.15, 0.2) is 5.78 Å². The third-order valence-corrected chi connectivity index (χ3v) is 3.26. The predicted octanol–water partition coefficient (Wildman–Crippen LogP) is 3.96. The highest BCUT2D eigenvalue weighted by atomic mass is 19.1. The molecule has 0 aromatic heterocycles. The number of rotatable bonds is 6. The second-order valence-electron chi connectivity index (χ2n) is 4.90. The molecule has 0 saturated heterocycles. The Labute approximate surface area is 128 Å². The van der Waals surface area contributed by atoms with Crippen molar-refractivity contribution < 1.29 is 18.7 Å². The molecule has 0 atom stereocenters.